The van der Waals surface area contributed by atoms with Gasteiger partial charge in [0.25, 0.3) is 0 Å². The summed E-state index contributed by atoms with van der Waals surface area (Å²) in [7, 11) is 0. The lowest BCUT2D eigenvalue weighted by molar-refractivity contribution is -0.120. The number of benzene rings is 2. The Hall–Kier alpha value is -2.13. The van der Waals surface area contributed by atoms with Crippen LogP contribution in [0.5, 0.6) is 0 Å². The molecule has 0 amide bonds. The van der Waals surface area contributed by atoms with Gasteiger partial charge >= 0.3 is 0 Å². The van der Waals surface area contributed by atoms with Crippen LogP contribution in [0.25, 0.3) is 0 Å². The van der Waals surface area contributed by atoms with E-state index < -0.39 is 0 Å². The number of nitrogens with one attached hydrogen (secondary N) is 1. The minimum absolute atomic E-state index is 0.198. The molecule has 0 radical (unpaired) electrons. The summed E-state index contributed by atoms with van der Waals surface area (Å²) in [5, 5.41) is 3.26. The number of Topliss-reactive ketones (excluding diaryl/α,β-unsaturated/α-hetero) is 1. The SMILES string of the molecule is Nc1ccc2c(c1)CNC2C(=O)Cc1ccccc1. The van der Waals surface area contributed by atoms with Crippen molar-refractivity contribution in [2.75, 3.05) is 5.73 Å². The molecule has 0 saturated carbocycles. The van der Waals surface area contributed by atoms with Crippen LogP contribution >= 0.6 is 0 Å². The van der Waals surface area contributed by atoms with E-state index >= 15 is 0 Å². The monoisotopic (exact) mass is 252 g/mol. The number of hydrogen-bond donors (Lipinski definition) is 2. The van der Waals surface area contributed by atoms with Gasteiger partial charge in [-0.25, -0.2) is 0 Å². The number of anilines is 1. The summed E-state index contributed by atoms with van der Waals surface area (Å²) in [6.07, 6.45) is 0.461. The molecule has 0 fully saturated rings. The molecule has 1 aliphatic rings. The Labute approximate surface area is 112 Å². The van der Waals surface area contributed by atoms with E-state index in [0.29, 0.717) is 13.0 Å². The van der Waals surface area contributed by atoms with Crippen LogP contribution in [-0.4, -0.2) is 5.78 Å². The molecule has 2 aromatic rings. The highest BCUT2D eigenvalue weighted by Crippen LogP contribution is 2.28. The predicted molar refractivity (Wildman–Crippen MR) is 75.6 cm³/mol. The molecule has 96 valence electrons. The average molecular weight is 252 g/mol. The van der Waals surface area contributed by atoms with Gasteiger partial charge in [0.15, 0.2) is 5.78 Å². The van der Waals surface area contributed by atoms with Crippen LogP contribution in [-0.2, 0) is 17.8 Å². The summed E-state index contributed by atoms with van der Waals surface area (Å²) >= 11 is 0. The maximum atomic E-state index is 12.4. The molecule has 0 saturated heterocycles. The van der Waals surface area contributed by atoms with E-state index in [0.717, 1.165) is 22.4 Å². The molecule has 19 heavy (non-hydrogen) atoms. The number of nitrogen functional groups attached to an aromatic ring is 1. The summed E-state index contributed by atoms with van der Waals surface area (Å²) in [6, 6.07) is 15.4. The van der Waals surface area contributed by atoms with Crippen LogP contribution in [0, 0.1) is 0 Å². The van der Waals surface area contributed by atoms with Crippen LogP contribution in [0.2, 0.25) is 0 Å². The van der Waals surface area contributed by atoms with Crippen LogP contribution in [0.4, 0.5) is 5.69 Å². The molecule has 3 N–H and O–H groups in total. The topological polar surface area (TPSA) is 55.1 Å². The van der Waals surface area contributed by atoms with Gasteiger partial charge in [0, 0.05) is 18.7 Å². The van der Waals surface area contributed by atoms with Crippen molar-refractivity contribution in [3.05, 3.63) is 65.2 Å². The molecule has 1 unspecified atom stereocenters. The summed E-state index contributed by atoms with van der Waals surface area (Å²) < 4.78 is 0. The fraction of sp³-hybridized carbons (Fsp3) is 0.188. The predicted octanol–water partition coefficient (Wildman–Crippen LogP) is 2.22. The van der Waals surface area contributed by atoms with Gasteiger partial charge in [-0.2, -0.15) is 0 Å². The van der Waals surface area contributed by atoms with Crippen molar-refractivity contribution in [3.63, 3.8) is 0 Å². The van der Waals surface area contributed by atoms with E-state index in [1.165, 1.54) is 0 Å². The van der Waals surface area contributed by atoms with Crippen molar-refractivity contribution in [3.8, 4) is 0 Å². The lowest BCUT2D eigenvalue weighted by Crippen LogP contribution is -2.23. The molecule has 0 aliphatic carbocycles. The molecule has 0 aromatic heterocycles. The molecule has 1 heterocycles. The zero-order valence-electron chi connectivity index (χ0n) is 10.6. The zero-order valence-corrected chi connectivity index (χ0v) is 10.6. The van der Waals surface area contributed by atoms with E-state index in [1.807, 2.05) is 48.5 Å². The van der Waals surface area contributed by atoms with Crippen LogP contribution in [0.3, 0.4) is 0 Å². The van der Waals surface area contributed by atoms with Crippen molar-refractivity contribution in [1.82, 2.24) is 5.32 Å². The number of fused-ring (bicyclic) bond motifs is 1. The Morgan fingerprint density at radius 2 is 2.00 bits per heavy atom. The Balaban J connectivity index is 1.80. The second-order valence-corrected chi connectivity index (χ2v) is 4.90. The molecule has 2 aromatic carbocycles. The minimum atomic E-state index is -0.198. The number of carbonyl (C=O) groups excluding carboxylic acids is 1. The first-order chi connectivity index (χ1) is 9.24. The van der Waals surface area contributed by atoms with Gasteiger partial charge in [0.2, 0.25) is 0 Å². The van der Waals surface area contributed by atoms with E-state index in [1.54, 1.807) is 0 Å². The van der Waals surface area contributed by atoms with Crippen LogP contribution in [0.1, 0.15) is 22.7 Å². The van der Waals surface area contributed by atoms with Gasteiger partial charge in [-0.1, -0.05) is 36.4 Å². The van der Waals surface area contributed by atoms with E-state index in [-0.39, 0.29) is 11.8 Å². The number of ketones is 1. The number of hydrogen-bond acceptors (Lipinski definition) is 3. The molecule has 1 atom stereocenters. The summed E-state index contributed by atoms with van der Waals surface area (Å²) in [4.78, 5) is 12.4. The number of nitrogens with two attached hydrogens (primary N) is 1. The molecule has 3 nitrogen and oxygen atoms in total. The molecular weight excluding hydrogens is 236 g/mol. The largest absolute Gasteiger partial charge is 0.399 e. The maximum absolute atomic E-state index is 12.4. The lowest BCUT2D eigenvalue weighted by Gasteiger charge is -2.11. The molecule has 3 heteroatoms. The molecule has 1 aliphatic heterocycles. The minimum Gasteiger partial charge on any atom is -0.399 e. The highest BCUT2D eigenvalue weighted by Gasteiger charge is 2.27. The van der Waals surface area contributed by atoms with Crippen LogP contribution in [0.15, 0.2) is 48.5 Å². The van der Waals surface area contributed by atoms with Gasteiger partial charge in [-0.05, 0) is 28.8 Å². The molecule has 0 spiro atoms. The Morgan fingerprint density at radius 1 is 1.21 bits per heavy atom. The Bertz CT molecular complexity index is 607. The highest BCUT2D eigenvalue weighted by molar-refractivity contribution is 5.88. The smallest absolute Gasteiger partial charge is 0.158 e. The first-order valence-corrected chi connectivity index (χ1v) is 6.42. The fourth-order valence-corrected chi connectivity index (χ4v) is 2.57. The van der Waals surface area contributed by atoms with E-state index in [4.69, 9.17) is 5.73 Å². The van der Waals surface area contributed by atoms with Crippen molar-refractivity contribution in [2.24, 2.45) is 0 Å². The summed E-state index contributed by atoms with van der Waals surface area (Å²) in [6.45, 7) is 0.714. The highest BCUT2D eigenvalue weighted by atomic mass is 16.1. The third-order valence-electron chi connectivity index (χ3n) is 3.52. The third kappa shape index (κ3) is 2.37. The second kappa shape index (κ2) is 4.86. The van der Waals surface area contributed by atoms with Crippen molar-refractivity contribution in [1.29, 1.82) is 0 Å². The number of carbonyl (C=O) groups is 1. The van der Waals surface area contributed by atoms with Gasteiger partial charge in [0.05, 0.1) is 6.04 Å². The number of rotatable bonds is 3. The summed E-state index contributed by atoms with van der Waals surface area (Å²) in [5.41, 5.74) is 9.76. The van der Waals surface area contributed by atoms with Crippen molar-refractivity contribution >= 4 is 11.5 Å². The first-order valence-electron chi connectivity index (χ1n) is 6.42. The van der Waals surface area contributed by atoms with Gasteiger partial charge in [-0.3, -0.25) is 10.1 Å². The first kappa shape index (κ1) is 11.9. The molecule has 3 rings (SSSR count). The van der Waals surface area contributed by atoms with E-state index in [9.17, 15) is 4.79 Å². The van der Waals surface area contributed by atoms with Crippen LogP contribution < -0.4 is 11.1 Å². The Morgan fingerprint density at radius 3 is 2.79 bits per heavy atom. The third-order valence-corrected chi connectivity index (χ3v) is 3.52. The van der Waals surface area contributed by atoms with Gasteiger partial charge in [0.1, 0.15) is 0 Å². The van der Waals surface area contributed by atoms with Gasteiger partial charge < -0.3 is 5.73 Å². The average Bonchev–Trinajstić information content (AvgIpc) is 2.82. The molecule has 0 bridgehead atoms. The standard InChI is InChI=1S/C16H16N2O/c17-13-6-7-14-12(9-13)10-18-16(14)15(19)8-11-4-2-1-3-5-11/h1-7,9,16,18H,8,10,17H2. The van der Waals surface area contributed by atoms with Crippen molar-refractivity contribution < 1.29 is 4.79 Å². The summed E-state index contributed by atoms with van der Waals surface area (Å²) in [5.74, 6) is 0.203. The van der Waals surface area contributed by atoms with E-state index in [2.05, 4.69) is 5.32 Å². The lowest BCUT2D eigenvalue weighted by atomic mass is 9.97. The second-order valence-electron chi connectivity index (χ2n) is 4.90. The quantitative estimate of drug-likeness (QED) is 0.824. The maximum Gasteiger partial charge on any atom is 0.158 e. The van der Waals surface area contributed by atoms with Crippen molar-refractivity contribution in [2.45, 2.75) is 19.0 Å². The van der Waals surface area contributed by atoms with Gasteiger partial charge in [-0.15, -0.1) is 0 Å². The Kier molecular flexibility index (Phi) is 3.05. The fourth-order valence-electron chi connectivity index (χ4n) is 2.57. The normalized spacial score (nSPS) is 17.2. The zero-order chi connectivity index (χ0) is 13.2. The molecular formula is C16H16N2O.